The third-order valence-electron chi connectivity index (χ3n) is 5.08. The zero-order valence-electron chi connectivity index (χ0n) is 13.6. The first-order valence-corrected chi connectivity index (χ1v) is 8.28. The standard InChI is InChI=1S/C18H23N3O2/c1-23-16-6-4-15(5-7-16)20-10-12-21(13-11-20)17(22)18(14-19)8-2-3-9-18/h4-7H,2-3,8-13H2,1H3. The average molecular weight is 313 g/mol. The number of methoxy groups -OCH3 is 1. The molecule has 3 rings (SSSR count). The number of hydrogen-bond donors (Lipinski definition) is 0. The van der Waals surface area contributed by atoms with Gasteiger partial charge in [-0.15, -0.1) is 0 Å². The van der Waals surface area contributed by atoms with Crippen LogP contribution in [0.3, 0.4) is 0 Å². The van der Waals surface area contributed by atoms with E-state index < -0.39 is 5.41 Å². The summed E-state index contributed by atoms with van der Waals surface area (Å²) in [6, 6.07) is 10.3. The summed E-state index contributed by atoms with van der Waals surface area (Å²) in [4.78, 5) is 16.9. The highest BCUT2D eigenvalue weighted by Gasteiger charge is 2.44. The second-order valence-electron chi connectivity index (χ2n) is 6.38. The van der Waals surface area contributed by atoms with Crippen molar-refractivity contribution >= 4 is 11.6 Å². The van der Waals surface area contributed by atoms with Crippen LogP contribution in [0.2, 0.25) is 0 Å². The Labute approximate surface area is 137 Å². The van der Waals surface area contributed by atoms with Gasteiger partial charge in [0.15, 0.2) is 0 Å². The minimum Gasteiger partial charge on any atom is -0.497 e. The van der Waals surface area contributed by atoms with Crippen LogP contribution in [-0.4, -0.2) is 44.1 Å². The largest absolute Gasteiger partial charge is 0.497 e. The molecule has 0 unspecified atom stereocenters. The van der Waals surface area contributed by atoms with Gasteiger partial charge in [-0.1, -0.05) is 12.8 Å². The van der Waals surface area contributed by atoms with Gasteiger partial charge >= 0.3 is 0 Å². The average Bonchev–Trinajstić information content (AvgIpc) is 3.12. The third kappa shape index (κ3) is 2.98. The van der Waals surface area contributed by atoms with Crippen LogP contribution in [0.25, 0.3) is 0 Å². The molecule has 1 aliphatic heterocycles. The molecule has 0 N–H and O–H groups in total. The quantitative estimate of drug-likeness (QED) is 0.860. The van der Waals surface area contributed by atoms with E-state index in [1.54, 1.807) is 7.11 Å². The van der Waals surface area contributed by atoms with Gasteiger partial charge in [-0.05, 0) is 37.1 Å². The van der Waals surface area contributed by atoms with Gasteiger partial charge in [-0.25, -0.2) is 0 Å². The van der Waals surface area contributed by atoms with E-state index in [9.17, 15) is 10.1 Å². The van der Waals surface area contributed by atoms with Crippen molar-refractivity contribution in [1.29, 1.82) is 5.26 Å². The first kappa shape index (κ1) is 15.7. The lowest BCUT2D eigenvalue weighted by Crippen LogP contribution is -2.52. The lowest BCUT2D eigenvalue weighted by molar-refractivity contribution is -0.139. The summed E-state index contributed by atoms with van der Waals surface area (Å²) in [6.07, 6.45) is 3.43. The van der Waals surface area contributed by atoms with Crippen LogP contribution in [0.1, 0.15) is 25.7 Å². The number of hydrogen-bond acceptors (Lipinski definition) is 4. The molecule has 1 aliphatic carbocycles. The molecule has 0 radical (unpaired) electrons. The van der Waals surface area contributed by atoms with Crippen LogP contribution >= 0.6 is 0 Å². The van der Waals surface area contributed by atoms with Gasteiger partial charge in [0.25, 0.3) is 0 Å². The second-order valence-corrected chi connectivity index (χ2v) is 6.38. The van der Waals surface area contributed by atoms with Gasteiger partial charge < -0.3 is 14.5 Å². The summed E-state index contributed by atoms with van der Waals surface area (Å²) >= 11 is 0. The number of carbonyl (C=O) groups is 1. The first-order chi connectivity index (χ1) is 11.2. The van der Waals surface area contributed by atoms with E-state index in [0.717, 1.165) is 50.2 Å². The number of nitrogens with zero attached hydrogens (tertiary/aromatic N) is 3. The highest BCUT2D eigenvalue weighted by atomic mass is 16.5. The molecule has 5 heteroatoms. The number of carbonyl (C=O) groups excluding carboxylic acids is 1. The Balaban J connectivity index is 1.61. The topological polar surface area (TPSA) is 56.6 Å². The Morgan fingerprint density at radius 3 is 2.26 bits per heavy atom. The molecular weight excluding hydrogens is 290 g/mol. The number of rotatable bonds is 3. The zero-order valence-corrected chi connectivity index (χ0v) is 13.6. The fraction of sp³-hybridized carbons (Fsp3) is 0.556. The molecule has 5 nitrogen and oxygen atoms in total. The molecule has 0 spiro atoms. The van der Waals surface area contributed by atoms with E-state index in [2.05, 4.69) is 11.0 Å². The Bertz CT molecular complexity index is 592. The van der Waals surface area contributed by atoms with Gasteiger partial charge in [0.2, 0.25) is 5.91 Å². The molecule has 0 bridgehead atoms. The fourth-order valence-electron chi connectivity index (χ4n) is 3.62. The van der Waals surface area contributed by atoms with Crippen LogP contribution in [0.5, 0.6) is 5.75 Å². The van der Waals surface area contributed by atoms with Gasteiger partial charge in [-0.2, -0.15) is 5.26 Å². The fourth-order valence-corrected chi connectivity index (χ4v) is 3.62. The molecule has 1 heterocycles. The summed E-state index contributed by atoms with van der Waals surface area (Å²) in [6.45, 7) is 2.99. The normalized spacial score (nSPS) is 20.2. The zero-order chi connectivity index (χ0) is 16.3. The van der Waals surface area contributed by atoms with Crippen molar-refractivity contribution in [3.05, 3.63) is 24.3 Å². The molecule has 1 saturated carbocycles. The number of piperazine rings is 1. The number of amides is 1. The molecule has 1 amide bonds. The molecule has 1 aromatic rings. The molecule has 122 valence electrons. The molecule has 0 atom stereocenters. The maximum absolute atomic E-state index is 12.7. The van der Waals surface area contributed by atoms with E-state index in [-0.39, 0.29) is 5.91 Å². The van der Waals surface area contributed by atoms with Crippen LogP contribution in [0.4, 0.5) is 5.69 Å². The maximum atomic E-state index is 12.7. The minimum absolute atomic E-state index is 0.0480. The van der Waals surface area contributed by atoms with Crippen LogP contribution < -0.4 is 9.64 Å². The minimum atomic E-state index is -0.748. The monoisotopic (exact) mass is 313 g/mol. The van der Waals surface area contributed by atoms with Crippen molar-refractivity contribution in [3.63, 3.8) is 0 Å². The number of nitriles is 1. The summed E-state index contributed by atoms with van der Waals surface area (Å²) in [7, 11) is 1.66. The van der Waals surface area contributed by atoms with Crippen molar-refractivity contribution in [2.45, 2.75) is 25.7 Å². The second kappa shape index (κ2) is 6.49. The van der Waals surface area contributed by atoms with Crippen molar-refractivity contribution in [2.24, 2.45) is 5.41 Å². The lowest BCUT2D eigenvalue weighted by atomic mass is 9.86. The Morgan fingerprint density at radius 1 is 1.13 bits per heavy atom. The Kier molecular flexibility index (Phi) is 4.42. The van der Waals surface area contributed by atoms with E-state index in [1.165, 1.54) is 0 Å². The van der Waals surface area contributed by atoms with E-state index >= 15 is 0 Å². The molecule has 2 fully saturated rings. The van der Waals surface area contributed by atoms with E-state index in [4.69, 9.17) is 4.74 Å². The van der Waals surface area contributed by atoms with Crippen LogP contribution in [0.15, 0.2) is 24.3 Å². The molecule has 23 heavy (non-hydrogen) atoms. The van der Waals surface area contributed by atoms with Crippen molar-refractivity contribution in [1.82, 2.24) is 4.90 Å². The van der Waals surface area contributed by atoms with E-state index in [1.807, 2.05) is 29.2 Å². The molecular formula is C18H23N3O2. The van der Waals surface area contributed by atoms with Crippen LogP contribution in [-0.2, 0) is 4.79 Å². The molecule has 1 saturated heterocycles. The predicted molar refractivity (Wildman–Crippen MR) is 88.3 cm³/mol. The third-order valence-corrected chi connectivity index (χ3v) is 5.08. The summed E-state index contributed by atoms with van der Waals surface area (Å²) in [5.41, 5.74) is 0.399. The van der Waals surface area contributed by atoms with E-state index in [0.29, 0.717) is 13.1 Å². The lowest BCUT2D eigenvalue weighted by Gasteiger charge is -2.38. The van der Waals surface area contributed by atoms with Crippen LogP contribution in [0, 0.1) is 16.7 Å². The van der Waals surface area contributed by atoms with Crippen molar-refractivity contribution < 1.29 is 9.53 Å². The molecule has 1 aromatic carbocycles. The highest BCUT2D eigenvalue weighted by molar-refractivity contribution is 5.86. The Hall–Kier alpha value is -2.22. The van der Waals surface area contributed by atoms with Crippen molar-refractivity contribution in [2.75, 3.05) is 38.2 Å². The van der Waals surface area contributed by atoms with Gasteiger partial charge in [-0.3, -0.25) is 4.79 Å². The summed E-state index contributed by atoms with van der Waals surface area (Å²) in [5.74, 6) is 0.895. The summed E-state index contributed by atoms with van der Waals surface area (Å²) in [5, 5.41) is 9.48. The smallest absolute Gasteiger partial charge is 0.243 e. The maximum Gasteiger partial charge on any atom is 0.243 e. The number of ether oxygens (including phenoxy) is 1. The van der Waals surface area contributed by atoms with Gasteiger partial charge in [0, 0.05) is 31.9 Å². The Morgan fingerprint density at radius 2 is 1.74 bits per heavy atom. The molecule has 2 aliphatic rings. The predicted octanol–water partition coefficient (Wildman–Crippen LogP) is 2.43. The first-order valence-electron chi connectivity index (χ1n) is 8.28. The molecule has 0 aromatic heterocycles. The van der Waals surface area contributed by atoms with Gasteiger partial charge in [0.05, 0.1) is 13.2 Å². The summed E-state index contributed by atoms with van der Waals surface area (Å²) < 4.78 is 5.18. The van der Waals surface area contributed by atoms with Gasteiger partial charge in [0.1, 0.15) is 11.2 Å². The number of benzene rings is 1. The SMILES string of the molecule is COc1ccc(N2CCN(C(=O)C3(C#N)CCCC3)CC2)cc1. The highest BCUT2D eigenvalue weighted by Crippen LogP contribution is 2.39. The van der Waals surface area contributed by atoms with Crippen molar-refractivity contribution in [3.8, 4) is 11.8 Å². The number of anilines is 1.